The summed E-state index contributed by atoms with van der Waals surface area (Å²) in [5, 5.41) is 6.66. The molecule has 0 saturated carbocycles. The minimum atomic E-state index is -0.268. The normalized spacial score (nSPS) is 10.3. The molecule has 2 N–H and O–H groups in total. The highest BCUT2D eigenvalue weighted by molar-refractivity contribution is 6.30. The maximum absolute atomic E-state index is 12.3. The number of halogens is 1. The summed E-state index contributed by atoms with van der Waals surface area (Å²) < 4.78 is 0. The van der Waals surface area contributed by atoms with Gasteiger partial charge < -0.3 is 10.6 Å². The number of anilines is 2. The summed E-state index contributed by atoms with van der Waals surface area (Å²) in [5.74, 6) is 0.268. The molecule has 3 aromatic rings. The number of hydrogen-bond acceptors (Lipinski definition) is 5. The second-order valence-corrected chi connectivity index (χ2v) is 5.85. The Morgan fingerprint density at radius 3 is 2.68 bits per heavy atom. The number of rotatable bonds is 5. The van der Waals surface area contributed by atoms with Crippen molar-refractivity contribution in [1.29, 1.82) is 0 Å². The fourth-order valence-corrected chi connectivity index (χ4v) is 2.46. The second-order valence-electron chi connectivity index (χ2n) is 5.41. The maximum atomic E-state index is 12.3. The zero-order valence-corrected chi connectivity index (χ0v) is 14.3. The highest BCUT2D eigenvalue weighted by Crippen LogP contribution is 2.22. The summed E-state index contributed by atoms with van der Waals surface area (Å²) in [5.41, 5.74) is 3.10. The van der Waals surface area contributed by atoms with Crippen molar-refractivity contribution in [2.45, 2.75) is 13.5 Å². The molecule has 25 heavy (non-hydrogen) atoms. The molecule has 0 fully saturated rings. The molecule has 0 unspecified atom stereocenters. The Hall–Kier alpha value is -2.99. The Morgan fingerprint density at radius 1 is 1.12 bits per heavy atom. The van der Waals surface area contributed by atoms with E-state index in [4.69, 9.17) is 11.6 Å². The van der Waals surface area contributed by atoms with E-state index >= 15 is 0 Å². The molecule has 0 bridgehead atoms. The maximum Gasteiger partial charge on any atom is 0.270 e. The predicted molar refractivity (Wildman–Crippen MR) is 96.9 cm³/mol. The van der Waals surface area contributed by atoms with Crippen molar-refractivity contribution in [2.24, 2.45) is 0 Å². The number of nitrogens with one attached hydrogen (secondary N) is 2. The molecule has 6 nitrogen and oxygen atoms in total. The number of carbonyl (C=O) groups is 1. The summed E-state index contributed by atoms with van der Waals surface area (Å²) in [6.45, 7) is 2.35. The van der Waals surface area contributed by atoms with E-state index in [9.17, 15) is 4.79 Å². The Kier molecular flexibility index (Phi) is 5.20. The summed E-state index contributed by atoms with van der Waals surface area (Å²) >= 11 is 5.96. The van der Waals surface area contributed by atoms with E-state index in [1.165, 1.54) is 6.33 Å². The molecular weight excluding hydrogens is 338 g/mol. The number of nitrogens with zero attached hydrogens (tertiary/aromatic N) is 3. The Morgan fingerprint density at radius 2 is 1.92 bits per heavy atom. The van der Waals surface area contributed by atoms with Crippen LogP contribution in [0, 0.1) is 6.92 Å². The monoisotopic (exact) mass is 353 g/mol. The lowest BCUT2D eigenvalue weighted by atomic mass is 10.2. The van der Waals surface area contributed by atoms with Gasteiger partial charge in [0, 0.05) is 35.7 Å². The van der Waals surface area contributed by atoms with Crippen LogP contribution in [0.4, 0.5) is 11.5 Å². The predicted octanol–water partition coefficient (Wildman–Crippen LogP) is 3.51. The smallest absolute Gasteiger partial charge is 0.270 e. The molecule has 7 heteroatoms. The van der Waals surface area contributed by atoms with Crippen LogP contribution in [0.15, 0.2) is 55.1 Å². The van der Waals surface area contributed by atoms with Gasteiger partial charge >= 0.3 is 0 Å². The van der Waals surface area contributed by atoms with Crippen molar-refractivity contribution in [3.05, 3.63) is 77.0 Å². The number of aryl methyl sites for hydroxylation is 1. The molecule has 2 heterocycles. The average Bonchev–Trinajstić information content (AvgIpc) is 2.63. The number of benzene rings is 1. The number of amides is 1. The first-order valence-corrected chi connectivity index (χ1v) is 8.02. The lowest BCUT2D eigenvalue weighted by molar-refractivity contribution is 0.0946. The van der Waals surface area contributed by atoms with Crippen LogP contribution in [0.1, 0.15) is 21.6 Å². The van der Waals surface area contributed by atoms with Crippen LogP contribution in [-0.2, 0) is 6.54 Å². The van der Waals surface area contributed by atoms with Crippen LogP contribution in [0.25, 0.3) is 0 Å². The molecule has 0 spiro atoms. The van der Waals surface area contributed by atoms with Gasteiger partial charge in [-0.15, -0.1) is 0 Å². The van der Waals surface area contributed by atoms with Gasteiger partial charge in [0.25, 0.3) is 5.91 Å². The zero-order valence-electron chi connectivity index (χ0n) is 13.5. The van der Waals surface area contributed by atoms with Gasteiger partial charge in [0.05, 0.1) is 0 Å². The quantitative estimate of drug-likeness (QED) is 0.733. The summed E-state index contributed by atoms with van der Waals surface area (Å²) in [6.07, 6.45) is 4.72. The largest absolute Gasteiger partial charge is 0.347 e. The third-order valence-electron chi connectivity index (χ3n) is 3.55. The third-order valence-corrected chi connectivity index (χ3v) is 3.79. The van der Waals surface area contributed by atoms with Crippen molar-refractivity contribution in [3.8, 4) is 0 Å². The standard InChI is InChI=1S/C18H16ClN5O/c1-12-8-14(19)2-3-15(12)24-17-9-16(22-11-23-17)18(25)21-10-13-4-6-20-7-5-13/h2-9,11H,10H2,1H3,(H,21,25)(H,22,23,24). The van der Waals surface area contributed by atoms with Gasteiger partial charge in [0.1, 0.15) is 17.8 Å². The van der Waals surface area contributed by atoms with Gasteiger partial charge in [-0.2, -0.15) is 0 Å². The molecular formula is C18H16ClN5O. The molecule has 2 aromatic heterocycles. The van der Waals surface area contributed by atoms with E-state index < -0.39 is 0 Å². The van der Waals surface area contributed by atoms with Crippen molar-refractivity contribution in [2.75, 3.05) is 5.32 Å². The third kappa shape index (κ3) is 4.51. The fraction of sp³-hybridized carbons (Fsp3) is 0.111. The molecule has 0 saturated heterocycles. The molecule has 3 rings (SSSR count). The van der Waals surface area contributed by atoms with Crippen molar-refractivity contribution in [3.63, 3.8) is 0 Å². The second kappa shape index (κ2) is 7.72. The first-order valence-electron chi connectivity index (χ1n) is 7.64. The van der Waals surface area contributed by atoms with Crippen LogP contribution in [0.2, 0.25) is 5.02 Å². The van der Waals surface area contributed by atoms with E-state index in [2.05, 4.69) is 25.6 Å². The number of aromatic nitrogens is 3. The van der Waals surface area contributed by atoms with Gasteiger partial charge in [0.2, 0.25) is 0 Å². The number of hydrogen-bond donors (Lipinski definition) is 2. The van der Waals surface area contributed by atoms with Crippen molar-refractivity contribution >= 4 is 29.0 Å². The van der Waals surface area contributed by atoms with Crippen molar-refractivity contribution in [1.82, 2.24) is 20.3 Å². The summed E-state index contributed by atoms with van der Waals surface area (Å²) in [6, 6.07) is 10.8. The Balaban J connectivity index is 1.69. The van der Waals surface area contributed by atoms with Crippen LogP contribution in [0.5, 0.6) is 0 Å². The lowest BCUT2D eigenvalue weighted by Gasteiger charge is -2.10. The van der Waals surface area contributed by atoms with Crippen LogP contribution < -0.4 is 10.6 Å². The summed E-state index contributed by atoms with van der Waals surface area (Å²) in [7, 11) is 0. The minimum Gasteiger partial charge on any atom is -0.347 e. The molecule has 126 valence electrons. The van der Waals surface area contributed by atoms with Gasteiger partial charge in [-0.05, 0) is 48.4 Å². The molecule has 0 aliphatic rings. The van der Waals surface area contributed by atoms with Crippen LogP contribution in [0.3, 0.4) is 0 Å². The van der Waals surface area contributed by atoms with Gasteiger partial charge in [-0.1, -0.05) is 11.6 Å². The summed E-state index contributed by atoms with van der Waals surface area (Å²) in [4.78, 5) is 24.4. The Bertz CT molecular complexity index is 886. The SMILES string of the molecule is Cc1cc(Cl)ccc1Nc1cc(C(=O)NCc2ccncc2)ncn1. The Labute approximate surface area is 150 Å². The minimum absolute atomic E-state index is 0.268. The van der Waals surface area contributed by atoms with E-state index in [0.717, 1.165) is 16.8 Å². The highest BCUT2D eigenvalue weighted by atomic mass is 35.5. The first kappa shape index (κ1) is 16.9. The molecule has 0 radical (unpaired) electrons. The number of pyridine rings is 1. The van der Waals surface area contributed by atoms with E-state index in [0.29, 0.717) is 17.4 Å². The molecule has 1 aromatic carbocycles. The van der Waals surface area contributed by atoms with Crippen molar-refractivity contribution < 1.29 is 4.79 Å². The fourth-order valence-electron chi connectivity index (χ4n) is 2.23. The van der Waals surface area contributed by atoms with Gasteiger partial charge in [0.15, 0.2) is 0 Å². The number of carbonyl (C=O) groups excluding carboxylic acids is 1. The van der Waals surface area contributed by atoms with Gasteiger partial charge in [-0.3, -0.25) is 9.78 Å². The molecule has 0 aliphatic heterocycles. The first-order chi connectivity index (χ1) is 12.1. The van der Waals surface area contributed by atoms with Crippen LogP contribution >= 0.6 is 11.6 Å². The van der Waals surface area contributed by atoms with Gasteiger partial charge in [-0.25, -0.2) is 9.97 Å². The van der Waals surface area contributed by atoms with E-state index in [1.54, 1.807) is 24.5 Å². The molecule has 0 aliphatic carbocycles. The van der Waals surface area contributed by atoms with Crippen LogP contribution in [-0.4, -0.2) is 20.9 Å². The van der Waals surface area contributed by atoms with E-state index in [-0.39, 0.29) is 11.6 Å². The average molecular weight is 354 g/mol. The zero-order chi connectivity index (χ0) is 17.6. The highest BCUT2D eigenvalue weighted by Gasteiger charge is 2.09. The molecule has 1 amide bonds. The van der Waals surface area contributed by atoms with E-state index in [1.807, 2.05) is 31.2 Å². The molecule has 0 atom stereocenters. The topological polar surface area (TPSA) is 79.8 Å². The lowest BCUT2D eigenvalue weighted by Crippen LogP contribution is -2.24.